The van der Waals surface area contributed by atoms with Gasteiger partial charge in [0.15, 0.2) is 0 Å². The molecule has 0 radical (unpaired) electrons. The summed E-state index contributed by atoms with van der Waals surface area (Å²) in [6.45, 7) is 2.63. The van der Waals surface area contributed by atoms with E-state index >= 15 is 0 Å². The molecule has 7 nitrogen and oxygen atoms in total. The minimum atomic E-state index is -3.99. The van der Waals surface area contributed by atoms with E-state index in [1.807, 2.05) is 0 Å². The van der Waals surface area contributed by atoms with Crippen molar-refractivity contribution in [1.29, 1.82) is 0 Å². The van der Waals surface area contributed by atoms with Crippen LogP contribution in [0.4, 0.5) is 0 Å². The van der Waals surface area contributed by atoms with Crippen molar-refractivity contribution >= 4 is 73.4 Å². The van der Waals surface area contributed by atoms with E-state index in [9.17, 15) is 23.1 Å². The van der Waals surface area contributed by atoms with Crippen molar-refractivity contribution < 1.29 is 33.8 Å². The van der Waals surface area contributed by atoms with Crippen molar-refractivity contribution in [2.45, 2.75) is 26.7 Å². The number of esters is 1. The summed E-state index contributed by atoms with van der Waals surface area (Å²) in [4.78, 5) is 21.8. The molecule has 0 saturated carbocycles. The fraction of sp³-hybridized carbons (Fsp3) is 0.500. The average molecular weight is 346 g/mol. The van der Waals surface area contributed by atoms with Crippen LogP contribution in [0.3, 0.4) is 0 Å². The topological polar surface area (TPSA) is 121 Å². The average Bonchev–Trinajstić information content (AvgIpc) is 2.32. The first-order chi connectivity index (χ1) is 9.13. The third-order valence-corrected chi connectivity index (χ3v) is 3.11. The maximum atomic E-state index is 11.4. The monoisotopic (exact) mass is 346 g/mol. The van der Waals surface area contributed by atoms with Crippen LogP contribution in [-0.2, 0) is 24.4 Å². The molecule has 0 aliphatic rings. The zero-order valence-corrected chi connectivity index (χ0v) is 12.1. The Bertz CT molecular complexity index is 526. The molecule has 0 aromatic heterocycles. The molecule has 0 rings (SSSR count). The van der Waals surface area contributed by atoms with Crippen molar-refractivity contribution in [3.8, 4) is 0 Å². The second-order valence-electron chi connectivity index (χ2n) is 4.09. The van der Waals surface area contributed by atoms with Crippen LogP contribution in [0.15, 0.2) is 23.3 Å². The SMILES string of the molecule is CC(=CCOC(=O)C(C)=CCCCS(=O)(=O)O)C(=O)[O-].[H+].[KH]. The first-order valence-corrected chi connectivity index (χ1v) is 7.41. The zero-order chi connectivity index (χ0) is 15.8. The summed E-state index contributed by atoms with van der Waals surface area (Å²) in [5, 5.41) is 10.4. The van der Waals surface area contributed by atoms with Gasteiger partial charge in [0.1, 0.15) is 6.61 Å². The first kappa shape index (κ1) is 23.2. The molecule has 0 spiro atoms. The van der Waals surface area contributed by atoms with Crippen molar-refractivity contribution in [3.63, 3.8) is 0 Å². The normalized spacial score (nSPS) is 12.5. The van der Waals surface area contributed by atoms with Crippen LogP contribution in [0.2, 0.25) is 0 Å². The molecule has 0 fully saturated rings. The number of aliphatic carboxylic acids is 1. The Morgan fingerprint density at radius 2 is 1.81 bits per heavy atom. The van der Waals surface area contributed by atoms with Crippen LogP contribution in [0, 0.1) is 0 Å². The second kappa shape index (κ2) is 11.5. The van der Waals surface area contributed by atoms with E-state index in [1.54, 1.807) is 0 Å². The predicted octanol–water partition coefficient (Wildman–Crippen LogP) is -0.696. The summed E-state index contributed by atoms with van der Waals surface area (Å²) >= 11 is 0. The minimum absolute atomic E-state index is 0. The molecule has 21 heavy (non-hydrogen) atoms. The van der Waals surface area contributed by atoms with E-state index in [0.717, 1.165) is 0 Å². The Labute approximate surface area is 168 Å². The quantitative estimate of drug-likeness (QED) is 0.203. The van der Waals surface area contributed by atoms with E-state index < -0.39 is 22.1 Å². The van der Waals surface area contributed by atoms with Crippen LogP contribution in [-0.4, -0.2) is 88.7 Å². The molecule has 0 bridgehead atoms. The summed E-state index contributed by atoms with van der Waals surface area (Å²) in [5.74, 6) is -2.34. The van der Waals surface area contributed by atoms with Gasteiger partial charge in [-0.3, -0.25) is 4.55 Å². The number of carboxylic acids is 1. The molecule has 0 aromatic rings. The molecular weight excluding hydrogens is 327 g/mol. The number of ether oxygens (including phenoxy) is 1. The van der Waals surface area contributed by atoms with Gasteiger partial charge in [-0.15, -0.1) is 0 Å². The molecule has 0 aliphatic carbocycles. The van der Waals surface area contributed by atoms with E-state index in [4.69, 9.17) is 9.29 Å². The van der Waals surface area contributed by atoms with Gasteiger partial charge in [0.2, 0.25) is 0 Å². The molecule has 0 amide bonds. The fourth-order valence-corrected chi connectivity index (χ4v) is 1.64. The summed E-state index contributed by atoms with van der Waals surface area (Å²) in [6, 6.07) is 0. The predicted molar refractivity (Wildman–Crippen MR) is 77.4 cm³/mol. The van der Waals surface area contributed by atoms with Gasteiger partial charge in [-0.25, -0.2) is 4.79 Å². The number of carbonyl (C=O) groups excluding carboxylic acids is 2. The van der Waals surface area contributed by atoms with Crippen LogP contribution in [0.5, 0.6) is 0 Å². The van der Waals surface area contributed by atoms with E-state index in [-0.39, 0.29) is 82.7 Å². The number of hydrogen-bond acceptors (Lipinski definition) is 6. The van der Waals surface area contributed by atoms with Crippen molar-refractivity contribution in [1.82, 2.24) is 0 Å². The number of carboxylic acid groups (broad SMARTS) is 1. The van der Waals surface area contributed by atoms with Crippen molar-refractivity contribution in [2.24, 2.45) is 0 Å². The third kappa shape index (κ3) is 13.4. The Kier molecular flexibility index (Phi) is 12.7. The van der Waals surface area contributed by atoms with Gasteiger partial charge >= 0.3 is 58.8 Å². The van der Waals surface area contributed by atoms with E-state index in [1.165, 1.54) is 26.0 Å². The molecule has 0 heterocycles. The third-order valence-electron chi connectivity index (χ3n) is 2.30. The van der Waals surface area contributed by atoms with Gasteiger partial charge in [0.05, 0.1) is 11.7 Å². The molecule has 0 unspecified atom stereocenters. The van der Waals surface area contributed by atoms with E-state index in [0.29, 0.717) is 6.42 Å². The number of rotatable bonds is 8. The first-order valence-electron chi connectivity index (χ1n) is 5.80. The molecule has 9 heteroatoms. The molecule has 0 aromatic carbocycles. The van der Waals surface area contributed by atoms with Crippen molar-refractivity contribution in [2.75, 3.05) is 12.4 Å². The second-order valence-corrected chi connectivity index (χ2v) is 5.66. The number of carbonyl (C=O) groups is 2. The summed E-state index contributed by atoms with van der Waals surface area (Å²) < 4.78 is 34.2. The van der Waals surface area contributed by atoms with E-state index in [2.05, 4.69) is 0 Å². The van der Waals surface area contributed by atoms with Gasteiger partial charge in [-0.05, 0) is 38.3 Å². The van der Waals surface area contributed by atoms with Gasteiger partial charge in [-0.2, -0.15) is 8.42 Å². The maximum absolute atomic E-state index is 11.4. The molecule has 116 valence electrons. The van der Waals surface area contributed by atoms with Gasteiger partial charge < -0.3 is 14.6 Å². The van der Waals surface area contributed by atoms with Gasteiger partial charge in [0.25, 0.3) is 10.1 Å². The molecule has 0 atom stereocenters. The fourth-order valence-electron chi connectivity index (χ4n) is 1.11. The Morgan fingerprint density at radius 1 is 1.24 bits per heavy atom. The molecular formula is C12H19KO7S. The zero-order valence-electron chi connectivity index (χ0n) is 12.3. The number of unbranched alkanes of at least 4 members (excludes halogenated alkanes) is 1. The number of allylic oxidation sites excluding steroid dienone is 1. The van der Waals surface area contributed by atoms with Crippen LogP contribution < -0.4 is 5.11 Å². The summed E-state index contributed by atoms with van der Waals surface area (Å²) in [6.07, 6.45) is 3.18. The Balaban J connectivity index is -0.00000180. The Hall–Kier alpha value is -0.0336. The molecule has 0 saturated heterocycles. The Morgan fingerprint density at radius 3 is 2.29 bits per heavy atom. The molecule has 0 aliphatic heterocycles. The summed E-state index contributed by atoms with van der Waals surface area (Å²) in [7, 11) is -3.99. The van der Waals surface area contributed by atoms with Gasteiger partial charge in [-0.1, -0.05) is 6.08 Å². The van der Waals surface area contributed by atoms with Crippen LogP contribution in [0.25, 0.3) is 0 Å². The van der Waals surface area contributed by atoms with Crippen LogP contribution >= 0.6 is 0 Å². The van der Waals surface area contributed by atoms with Crippen LogP contribution in [0.1, 0.15) is 28.1 Å². The van der Waals surface area contributed by atoms with Gasteiger partial charge in [0, 0.05) is 5.57 Å². The van der Waals surface area contributed by atoms with Crippen molar-refractivity contribution in [3.05, 3.63) is 23.3 Å². The number of hydrogen-bond donors (Lipinski definition) is 1. The standard InChI is InChI=1S/C12H18O7S.K.H/c1-9(11(13)14)6-7-19-12(15)10(2)5-3-4-8-20(16,17)18;;/h5-6H,3-4,7-8H2,1-2H3,(H,13,14)(H,16,17,18);;. The molecule has 1 N–H and O–H groups in total. The summed E-state index contributed by atoms with van der Waals surface area (Å²) in [5.41, 5.74) is 0.243.